The third-order valence-electron chi connectivity index (χ3n) is 5.02. The van der Waals surface area contributed by atoms with Crippen LogP contribution in [0.1, 0.15) is 39.5 Å². The first kappa shape index (κ1) is 14.8. The van der Waals surface area contributed by atoms with Crippen molar-refractivity contribution in [1.82, 2.24) is 9.80 Å². The van der Waals surface area contributed by atoms with Crippen LogP contribution in [0.3, 0.4) is 0 Å². The molecule has 0 N–H and O–H groups in total. The van der Waals surface area contributed by atoms with Crippen molar-refractivity contribution < 1.29 is 0 Å². The van der Waals surface area contributed by atoms with Crippen molar-refractivity contribution in [3.63, 3.8) is 0 Å². The Labute approximate surface area is 121 Å². The van der Waals surface area contributed by atoms with E-state index in [0.29, 0.717) is 5.41 Å². The molecule has 1 saturated carbocycles. The van der Waals surface area contributed by atoms with Gasteiger partial charge in [0, 0.05) is 44.6 Å². The summed E-state index contributed by atoms with van der Waals surface area (Å²) >= 11 is 3.74. The molecule has 0 atom stereocenters. The Hall–Kier alpha value is 0.400. The molecule has 0 aromatic rings. The molecule has 3 heteroatoms. The van der Waals surface area contributed by atoms with E-state index in [1.807, 2.05) is 0 Å². The third-order valence-corrected chi connectivity index (χ3v) is 6.21. The molecule has 106 valence electrons. The van der Waals surface area contributed by atoms with Gasteiger partial charge in [-0.3, -0.25) is 0 Å². The summed E-state index contributed by atoms with van der Waals surface area (Å²) in [5.41, 5.74) is 0.499. The Morgan fingerprint density at radius 3 is 2.00 bits per heavy atom. The normalized spacial score (nSPS) is 23.5. The zero-order valence-corrected chi connectivity index (χ0v) is 13.7. The van der Waals surface area contributed by atoms with Gasteiger partial charge in [-0.1, -0.05) is 29.8 Å². The summed E-state index contributed by atoms with van der Waals surface area (Å²) in [7, 11) is 0. The number of rotatable bonds is 7. The predicted molar refractivity (Wildman–Crippen MR) is 82.4 cm³/mol. The molecule has 0 unspecified atom stereocenters. The molecule has 2 aliphatic rings. The smallest absolute Gasteiger partial charge is 0.0110 e. The topological polar surface area (TPSA) is 6.48 Å². The quantitative estimate of drug-likeness (QED) is 0.665. The number of halogens is 1. The number of alkyl halides is 1. The molecule has 2 nitrogen and oxygen atoms in total. The fourth-order valence-corrected chi connectivity index (χ4v) is 3.95. The van der Waals surface area contributed by atoms with Crippen molar-refractivity contribution in [2.45, 2.75) is 39.5 Å². The van der Waals surface area contributed by atoms with Gasteiger partial charge in [0.2, 0.25) is 0 Å². The molecule has 0 amide bonds. The Bertz CT molecular complexity index is 233. The van der Waals surface area contributed by atoms with Crippen molar-refractivity contribution in [2.75, 3.05) is 44.6 Å². The minimum atomic E-state index is 0.499. The van der Waals surface area contributed by atoms with Gasteiger partial charge in [-0.2, -0.15) is 0 Å². The van der Waals surface area contributed by atoms with Crippen LogP contribution in [0.5, 0.6) is 0 Å². The van der Waals surface area contributed by atoms with Crippen LogP contribution in [-0.4, -0.2) is 54.4 Å². The zero-order valence-electron chi connectivity index (χ0n) is 12.1. The van der Waals surface area contributed by atoms with Gasteiger partial charge >= 0.3 is 0 Å². The molecule has 0 aromatic carbocycles. The molecule has 0 radical (unpaired) electrons. The lowest BCUT2D eigenvalue weighted by atomic mass is 9.84. The van der Waals surface area contributed by atoms with E-state index in [4.69, 9.17) is 0 Å². The van der Waals surface area contributed by atoms with E-state index in [1.54, 1.807) is 0 Å². The first-order chi connectivity index (χ1) is 8.71. The molecule has 1 heterocycles. The van der Waals surface area contributed by atoms with Gasteiger partial charge in [-0.25, -0.2) is 0 Å². The largest absolute Gasteiger partial charge is 0.301 e. The van der Waals surface area contributed by atoms with Crippen LogP contribution in [0.15, 0.2) is 0 Å². The van der Waals surface area contributed by atoms with Gasteiger partial charge in [0.15, 0.2) is 0 Å². The maximum Gasteiger partial charge on any atom is 0.0110 e. The number of hydrogen-bond acceptors (Lipinski definition) is 2. The molecule has 1 saturated heterocycles. The van der Waals surface area contributed by atoms with E-state index >= 15 is 0 Å². The second-order valence-corrected chi connectivity index (χ2v) is 6.92. The molecule has 2 fully saturated rings. The highest BCUT2D eigenvalue weighted by Crippen LogP contribution is 2.32. The van der Waals surface area contributed by atoms with Gasteiger partial charge in [0.1, 0.15) is 0 Å². The second-order valence-electron chi connectivity index (χ2n) is 6.36. The van der Waals surface area contributed by atoms with Gasteiger partial charge in [-0.15, -0.1) is 0 Å². The van der Waals surface area contributed by atoms with E-state index < -0.39 is 0 Å². The molecule has 2 rings (SSSR count). The lowest BCUT2D eigenvalue weighted by Gasteiger charge is -2.40. The fraction of sp³-hybridized carbons (Fsp3) is 1.00. The van der Waals surface area contributed by atoms with Gasteiger partial charge in [0.25, 0.3) is 0 Å². The monoisotopic (exact) mass is 316 g/mol. The maximum absolute atomic E-state index is 3.74. The minimum Gasteiger partial charge on any atom is -0.301 e. The molecule has 1 aliphatic carbocycles. The average molecular weight is 317 g/mol. The maximum atomic E-state index is 3.74. The summed E-state index contributed by atoms with van der Waals surface area (Å²) in [6.07, 6.45) is 5.55. The molecular formula is C15H29BrN2. The van der Waals surface area contributed by atoms with Crippen LogP contribution in [0.4, 0.5) is 0 Å². The van der Waals surface area contributed by atoms with Gasteiger partial charge in [0.05, 0.1) is 0 Å². The summed E-state index contributed by atoms with van der Waals surface area (Å²) in [6, 6.07) is 0. The number of hydrogen-bond donors (Lipinski definition) is 0. The summed E-state index contributed by atoms with van der Waals surface area (Å²) in [6.45, 7) is 12.5. The highest BCUT2D eigenvalue weighted by atomic mass is 79.9. The van der Waals surface area contributed by atoms with Crippen molar-refractivity contribution in [1.29, 1.82) is 0 Å². The zero-order chi connectivity index (χ0) is 13.0. The molecule has 18 heavy (non-hydrogen) atoms. The Balaban J connectivity index is 1.74. The summed E-state index contributed by atoms with van der Waals surface area (Å²) in [5.74, 6) is 1.05. The van der Waals surface area contributed by atoms with Crippen LogP contribution >= 0.6 is 15.9 Å². The minimum absolute atomic E-state index is 0.499. The highest BCUT2D eigenvalue weighted by Gasteiger charge is 2.30. The molecule has 0 aromatic heterocycles. The third kappa shape index (κ3) is 3.94. The van der Waals surface area contributed by atoms with Crippen LogP contribution < -0.4 is 0 Å². The highest BCUT2D eigenvalue weighted by molar-refractivity contribution is 9.09. The molecular weight excluding hydrogens is 288 g/mol. The van der Waals surface area contributed by atoms with Crippen LogP contribution in [0.25, 0.3) is 0 Å². The summed E-state index contributed by atoms with van der Waals surface area (Å²) < 4.78 is 0. The van der Waals surface area contributed by atoms with Crippen molar-refractivity contribution >= 4 is 15.9 Å². The lowest BCUT2D eigenvalue weighted by molar-refractivity contribution is 0.0870. The van der Waals surface area contributed by atoms with E-state index in [-0.39, 0.29) is 0 Å². The van der Waals surface area contributed by atoms with Crippen LogP contribution in [0, 0.1) is 11.3 Å². The first-order valence-electron chi connectivity index (χ1n) is 7.72. The molecule has 0 spiro atoms. The number of piperazine rings is 1. The van der Waals surface area contributed by atoms with E-state index in [0.717, 1.165) is 11.2 Å². The fourth-order valence-electron chi connectivity index (χ4n) is 2.97. The average Bonchev–Trinajstić information content (AvgIpc) is 3.22. The van der Waals surface area contributed by atoms with Crippen molar-refractivity contribution in [3.8, 4) is 0 Å². The summed E-state index contributed by atoms with van der Waals surface area (Å²) in [4.78, 5) is 5.37. The number of nitrogens with zero attached hydrogens (tertiary/aromatic N) is 2. The second kappa shape index (κ2) is 6.71. The lowest BCUT2D eigenvalue weighted by Crippen LogP contribution is -2.50. The van der Waals surface area contributed by atoms with Gasteiger partial charge in [-0.05, 0) is 37.0 Å². The first-order valence-corrected chi connectivity index (χ1v) is 8.84. The molecule has 0 bridgehead atoms. The van der Waals surface area contributed by atoms with Gasteiger partial charge < -0.3 is 9.80 Å². The van der Waals surface area contributed by atoms with Crippen molar-refractivity contribution in [2.24, 2.45) is 11.3 Å². The standard InChI is InChI=1S/C15H29BrN2/c1-3-15(4-2,12-16)13-18-9-7-17(8-10-18)11-14-5-6-14/h14H,3-13H2,1-2H3. The summed E-state index contributed by atoms with van der Waals surface area (Å²) in [5, 5.41) is 1.15. The Morgan fingerprint density at radius 1 is 1.00 bits per heavy atom. The van der Waals surface area contributed by atoms with E-state index in [2.05, 4.69) is 39.6 Å². The Morgan fingerprint density at radius 2 is 1.56 bits per heavy atom. The van der Waals surface area contributed by atoms with Crippen molar-refractivity contribution in [3.05, 3.63) is 0 Å². The van der Waals surface area contributed by atoms with E-state index in [1.165, 1.54) is 65.0 Å². The van der Waals surface area contributed by atoms with Crippen LogP contribution in [-0.2, 0) is 0 Å². The molecule has 1 aliphatic heterocycles. The van der Waals surface area contributed by atoms with E-state index in [9.17, 15) is 0 Å². The predicted octanol–water partition coefficient (Wildman–Crippen LogP) is 3.22. The SMILES string of the molecule is CCC(CC)(CBr)CN1CCN(CC2CC2)CC1. The van der Waals surface area contributed by atoms with Crippen LogP contribution in [0.2, 0.25) is 0 Å². The Kier molecular flexibility index (Phi) is 5.52.